The predicted molar refractivity (Wildman–Crippen MR) is 91.9 cm³/mol. The van der Waals surface area contributed by atoms with Gasteiger partial charge in [-0.05, 0) is 43.7 Å². The second-order valence-corrected chi connectivity index (χ2v) is 7.25. The highest BCUT2D eigenvalue weighted by Crippen LogP contribution is 2.40. The number of carbonyl (C=O) groups excluding carboxylic acids is 1. The van der Waals surface area contributed by atoms with E-state index in [9.17, 15) is 4.79 Å². The molecule has 2 fully saturated rings. The van der Waals surface area contributed by atoms with Gasteiger partial charge >= 0.3 is 0 Å². The molecule has 1 saturated heterocycles. The summed E-state index contributed by atoms with van der Waals surface area (Å²) in [4.78, 5) is 15.0. The fraction of sp³-hybridized carbons (Fsp3) is 0.500. The first-order chi connectivity index (χ1) is 11.8. The van der Waals surface area contributed by atoms with Crippen LogP contribution in [0.3, 0.4) is 0 Å². The average Bonchev–Trinajstić information content (AvgIpc) is 3.33. The second-order valence-electron chi connectivity index (χ2n) is 7.25. The number of hydrogen-bond acceptors (Lipinski definition) is 4. The van der Waals surface area contributed by atoms with E-state index in [-0.39, 0.29) is 5.78 Å². The maximum atomic E-state index is 12.5. The first-order valence-electron chi connectivity index (χ1n) is 9.04. The van der Waals surface area contributed by atoms with Gasteiger partial charge in [-0.25, -0.2) is 0 Å². The zero-order chi connectivity index (χ0) is 16.4. The van der Waals surface area contributed by atoms with E-state index in [4.69, 9.17) is 4.52 Å². The number of Topliss-reactive ketones (excluding diaryl/α,β-unsaturated/α-hetero) is 1. The number of piperidine rings is 1. The molecule has 0 spiro atoms. The summed E-state index contributed by atoms with van der Waals surface area (Å²) in [6.45, 7) is 3.09. The number of hydrogen-bond donors (Lipinski definition) is 0. The maximum Gasteiger partial charge on any atom is 0.185 e. The lowest BCUT2D eigenvalue weighted by Crippen LogP contribution is -2.35. The van der Waals surface area contributed by atoms with E-state index in [1.54, 1.807) is 0 Å². The van der Waals surface area contributed by atoms with Crippen molar-refractivity contribution in [3.05, 3.63) is 53.4 Å². The Labute approximate surface area is 142 Å². The quantitative estimate of drug-likeness (QED) is 0.753. The maximum absolute atomic E-state index is 12.5. The molecule has 2 aliphatic rings. The molecule has 0 amide bonds. The minimum absolute atomic E-state index is 0.136. The Morgan fingerprint density at radius 1 is 1.21 bits per heavy atom. The minimum Gasteiger partial charge on any atom is -0.360 e. The Morgan fingerprint density at radius 3 is 2.83 bits per heavy atom. The normalized spacial score (nSPS) is 21.8. The molecule has 1 atom stereocenters. The van der Waals surface area contributed by atoms with Gasteiger partial charge < -0.3 is 4.52 Å². The third-order valence-electron chi connectivity index (χ3n) is 5.12. The third kappa shape index (κ3) is 3.75. The van der Waals surface area contributed by atoms with E-state index in [1.807, 2.05) is 6.07 Å². The van der Waals surface area contributed by atoms with Gasteiger partial charge in [-0.2, -0.15) is 0 Å². The fourth-order valence-electron chi connectivity index (χ4n) is 3.65. The zero-order valence-electron chi connectivity index (χ0n) is 14.0. The van der Waals surface area contributed by atoms with Crippen molar-refractivity contribution in [1.82, 2.24) is 10.1 Å². The lowest BCUT2D eigenvalue weighted by molar-refractivity contribution is 0.0904. The van der Waals surface area contributed by atoms with Crippen LogP contribution >= 0.6 is 0 Å². The Kier molecular flexibility index (Phi) is 4.48. The molecule has 0 radical (unpaired) electrons. The predicted octanol–water partition coefficient (Wildman–Crippen LogP) is 4.04. The Hall–Kier alpha value is -1.94. The van der Waals surface area contributed by atoms with Crippen molar-refractivity contribution in [3.63, 3.8) is 0 Å². The minimum atomic E-state index is 0.136. The van der Waals surface area contributed by atoms with E-state index in [0.717, 1.165) is 38.2 Å². The van der Waals surface area contributed by atoms with Crippen LogP contribution in [0, 0.1) is 5.92 Å². The lowest BCUT2D eigenvalue weighted by atomic mass is 9.92. The number of aromatic nitrogens is 1. The Balaban J connectivity index is 1.32. The molecule has 1 unspecified atom stereocenters. The summed E-state index contributed by atoms with van der Waals surface area (Å²) >= 11 is 0. The molecule has 0 bridgehead atoms. The van der Waals surface area contributed by atoms with Crippen molar-refractivity contribution in [1.29, 1.82) is 0 Å². The van der Waals surface area contributed by atoms with Gasteiger partial charge in [0.1, 0.15) is 11.5 Å². The number of ketones is 1. The largest absolute Gasteiger partial charge is 0.360 e. The number of carbonyl (C=O) groups is 1. The monoisotopic (exact) mass is 324 g/mol. The van der Waals surface area contributed by atoms with Crippen LogP contribution in [0.15, 0.2) is 40.9 Å². The van der Waals surface area contributed by atoms with Gasteiger partial charge in [0.05, 0.1) is 0 Å². The fourth-order valence-corrected chi connectivity index (χ4v) is 3.65. The van der Waals surface area contributed by atoms with Gasteiger partial charge in [-0.15, -0.1) is 0 Å². The summed E-state index contributed by atoms with van der Waals surface area (Å²) in [6.07, 6.45) is 5.21. The molecule has 1 saturated carbocycles. The van der Waals surface area contributed by atoms with Crippen LogP contribution in [0.5, 0.6) is 0 Å². The molecule has 1 aliphatic carbocycles. The van der Waals surface area contributed by atoms with Crippen molar-refractivity contribution in [2.24, 2.45) is 5.92 Å². The number of rotatable bonds is 6. The molecular formula is C20H24N2O2. The van der Waals surface area contributed by atoms with Crippen LogP contribution in [0.2, 0.25) is 0 Å². The van der Waals surface area contributed by atoms with E-state index >= 15 is 0 Å². The van der Waals surface area contributed by atoms with E-state index in [0.29, 0.717) is 24.0 Å². The molecule has 1 aromatic heterocycles. The van der Waals surface area contributed by atoms with E-state index < -0.39 is 0 Å². The summed E-state index contributed by atoms with van der Waals surface area (Å²) < 4.78 is 5.32. The topological polar surface area (TPSA) is 46.3 Å². The molecule has 4 nitrogen and oxygen atoms in total. The smallest absolute Gasteiger partial charge is 0.185 e. The van der Waals surface area contributed by atoms with Crippen molar-refractivity contribution in [3.8, 4) is 0 Å². The summed E-state index contributed by atoms with van der Waals surface area (Å²) in [7, 11) is 0. The van der Waals surface area contributed by atoms with Crippen LogP contribution in [-0.4, -0.2) is 28.9 Å². The Bertz CT molecular complexity index is 691. The molecule has 1 aliphatic heterocycles. The van der Waals surface area contributed by atoms with Gasteiger partial charge in [0.2, 0.25) is 0 Å². The number of likely N-dealkylation sites (tertiary alicyclic amines) is 1. The summed E-state index contributed by atoms with van der Waals surface area (Å²) in [5.74, 6) is 1.97. The first-order valence-corrected chi connectivity index (χ1v) is 9.04. The molecule has 24 heavy (non-hydrogen) atoms. The van der Waals surface area contributed by atoms with Crippen molar-refractivity contribution in [2.45, 2.75) is 44.6 Å². The SMILES string of the molecule is O=C(CC1CCCN(Cc2ccccc2)C1)c1cc(C2CC2)on1. The standard InChI is InChI=1S/C20H24N2O2/c23-19(18-12-20(24-21-18)17-8-9-17)11-16-7-4-10-22(14-16)13-15-5-2-1-3-6-15/h1-3,5-6,12,16-17H,4,7-11,13-14H2. The highest BCUT2D eigenvalue weighted by Gasteiger charge is 2.30. The molecule has 2 aromatic rings. The number of nitrogens with zero attached hydrogens (tertiary/aromatic N) is 2. The molecule has 4 heteroatoms. The van der Waals surface area contributed by atoms with Crippen LogP contribution in [0.1, 0.15) is 59.8 Å². The first kappa shape index (κ1) is 15.6. The summed E-state index contributed by atoms with van der Waals surface area (Å²) in [5.41, 5.74) is 1.87. The Morgan fingerprint density at radius 2 is 2.04 bits per heavy atom. The molecular weight excluding hydrogens is 300 g/mol. The molecule has 4 rings (SSSR count). The van der Waals surface area contributed by atoms with Crippen molar-refractivity contribution >= 4 is 5.78 Å². The highest BCUT2D eigenvalue weighted by molar-refractivity contribution is 5.94. The summed E-state index contributed by atoms with van der Waals surface area (Å²) in [6, 6.07) is 12.4. The van der Waals surface area contributed by atoms with Crippen LogP contribution in [0.25, 0.3) is 0 Å². The average molecular weight is 324 g/mol. The summed E-state index contributed by atoms with van der Waals surface area (Å²) in [5, 5.41) is 3.99. The van der Waals surface area contributed by atoms with E-state index in [2.05, 4.69) is 40.4 Å². The molecule has 2 heterocycles. The third-order valence-corrected chi connectivity index (χ3v) is 5.12. The lowest BCUT2D eigenvalue weighted by Gasteiger charge is -2.32. The molecule has 0 N–H and O–H groups in total. The number of benzene rings is 1. The van der Waals surface area contributed by atoms with Crippen LogP contribution in [-0.2, 0) is 6.54 Å². The zero-order valence-corrected chi connectivity index (χ0v) is 14.0. The van der Waals surface area contributed by atoms with E-state index in [1.165, 1.54) is 18.4 Å². The van der Waals surface area contributed by atoms with Gasteiger partial charge in [0.25, 0.3) is 0 Å². The van der Waals surface area contributed by atoms with Crippen molar-refractivity contribution < 1.29 is 9.32 Å². The van der Waals surface area contributed by atoms with Gasteiger partial charge in [-0.3, -0.25) is 9.69 Å². The molecule has 126 valence electrons. The van der Waals surface area contributed by atoms with Gasteiger partial charge in [0.15, 0.2) is 5.78 Å². The second kappa shape index (κ2) is 6.89. The highest BCUT2D eigenvalue weighted by atomic mass is 16.5. The van der Waals surface area contributed by atoms with Gasteiger partial charge in [0, 0.05) is 31.5 Å². The van der Waals surface area contributed by atoms with Gasteiger partial charge in [-0.1, -0.05) is 35.5 Å². The van der Waals surface area contributed by atoms with Crippen LogP contribution < -0.4 is 0 Å². The molecule has 1 aromatic carbocycles. The van der Waals surface area contributed by atoms with Crippen molar-refractivity contribution in [2.75, 3.05) is 13.1 Å². The van der Waals surface area contributed by atoms with Crippen LogP contribution in [0.4, 0.5) is 0 Å².